The fraction of sp³-hybridized carbons (Fsp3) is 0.471. The Balaban J connectivity index is 0.00000220. The minimum absolute atomic E-state index is 0. The summed E-state index contributed by atoms with van der Waals surface area (Å²) in [5.74, 6) is 3.26. The van der Waals surface area contributed by atoms with Crippen LogP contribution in [-0.4, -0.2) is 21.2 Å². The average Bonchev–Trinajstić information content (AvgIpc) is 2.46. The van der Waals surface area contributed by atoms with E-state index in [0.29, 0.717) is 0 Å². The number of nitrogens with one attached hydrogen (secondary N) is 1. The van der Waals surface area contributed by atoms with E-state index < -0.39 is 8.07 Å². The lowest BCUT2D eigenvalue weighted by Crippen LogP contribution is -2.38. The summed E-state index contributed by atoms with van der Waals surface area (Å²) in [6.07, 6.45) is 1.78. The van der Waals surface area contributed by atoms with Crippen molar-refractivity contribution in [2.24, 2.45) is 0 Å². The average molecular weight is 319 g/mol. The third-order valence-electron chi connectivity index (χ3n) is 3.69. The van der Waals surface area contributed by atoms with Crippen LogP contribution in [0.1, 0.15) is 24.0 Å². The lowest BCUT2D eigenvalue weighted by atomic mass is 9.74. The van der Waals surface area contributed by atoms with Gasteiger partial charge < -0.3 is 5.32 Å². The van der Waals surface area contributed by atoms with E-state index in [0.717, 1.165) is 37.1 Å². The molecule has 1 aliphatic heterocycles. The summed E-state index contributed by atoms with van der Waals surface area (Å²) >= 11 is 0. The molecule has 1 aliphatic rings. The van der Waals surface area contributed by atoms with Crippen LogP contribution in [0.4, 0.5) is 0 Å². The van der Waals surface area contributed by atoms with Crippen LogP contribution in [0.25, 0.3) is 0 Å². The molecule has 0 radical (unpaired) electrons. The van der Waals surface area contributed by atoms with Gasteiger partial charge in [-0.15, -0.1) is 18.0 Å². The smallest absolute Gasteiger partial charge is 0.129 e. The molecule has 1 saturated heterocycles. The highest BCUT2D eigenvalue weighted by Crippen LogP contribution is 2.32. The Hall–Kier alpha value is -1.26. The highest BCUT2D eigenvalue weighted by Gasteiger charge is 2.33. The number of nitriles is 1. The fourth-order valence-corrected chi connectivity index (χ4v) is 2.97. The molecule has 0 aromatic heterocycles. The first-order valence-corrected chi connectivity index (χ1v) is 10.7. The van der Waals surface area contributed by atoms with Crippen LogP contribution in [0.3, 0.4) is 0 Å². The molecule has 4 heteroatoms. The predicted molar refractivity (Wildman–Crippen MR) is 93.3 cm³/mol. The number of rotatable bonds is 1. The van der Waals surface area contributed by atoms with Crippen molar-refractivity contribution in [2.45, 2.75) is 37.9 Å². The van der Waals surface area contributed by atoms with Crippen molar-refractivity contribution in [3.8, 4) is 17.5 Å². The minimum atomic E-state index is -1.33. The molecule has 0 saturated carbocycles. The van der Waals surface area contributed by atoms with Crippen LogP contribution in [0, 0.1) is 22.8 Å². The molecule has 0 bridgehead atoms. The molecule has 0 spiro atoms. The summed E-state index contributed by atoms with van der Waals surface area (Å²) in [5.41, 5.74) is 5.26. The van der Waals surface area contributed by atoms with Crippen LogP contribution < -0.4 is 5.32 Å². The van der Waals surface area contributed by atoms with Gasteiger partial charge in [-0.2, -0.15) is 5.26 Å². The number of piperidine rings is 1. The third-order valence-corrected chi connectivity index (χ3v) is 4.57. The zero-order chi connectivity index (χ0) is 14.6. The Kier molecular flexibility index (Phi) is 6.05. The molecule has 0 amide bonds. The van der Waals surface area contributed by atoms with Gasteiger partial charge in [0.05, 0.1) is 11.5 Å². The van der Waals surface area contributed by atoms with Crippen molar-refractivity contribution in [3.05, 3.63) is 35.4 Å². The molecule has 1 aromatic rings. The van der Waals surface area contributed by atoms with Crippen molar-refractivity contribution >= 4 is 20.5 Å². The summed E-state index contributed by atoms with van der Waals surface area (Å²) < 4.78 is 0. The topological polar surface area (TPSA) is 35.8 Å². The van der Waals surface area contributed by atoms with Crippen LogP contribution in [0.2, 0.25) is 19.6 Å². The second kappa shape index (κ2) is 7.14. The Labute approximate surface area is 135 Å². The first kappa shape index (κ1) is 17.8. The van der Waals surface area contributed by atoms with E-state index in [1.165, 1.54) is 0 Å². The standard InChI is InChI=1S/C17H22N2Si.ClH/c1-20(2,3)13-8-15-4-6-16(7-5-15)17(14-18)9-11-19-12-10-17;/h4-7,19H,9-12H2,1-3H3;1H. The van der Waals surface area contributed by atoms with Crippen LogP contribution in [0.5, 0.6) is 0 Å². The molecule has 21 heavy (non-hydrogen) atoms. The molecule has 0 atom stereocenters. The summed E-state index contributed by atoms with van der Waals surface area (Å²) in [4.78, 5) is 0. The second-order valence-electron chi connectivity index (χ2n) is 6.52. The quantitative estimate of drug-likeness (QED) is 0.635. The normalized spacial score (nSPS) is 16.9. The molecule has 2 rings (SSSR count). The fourth-order valence-electron chi connectivity index (χ4n) is 2.45. The number of benzene rings is 1. The largest absolute Gasteiger partial charge is 0.317 e. The van der Waals surface area contributed by atoms with Crippen LogP contribution in [0.15, 0.2) is 24.3 Å². The van der Waals surface area contributed by atoms with E-state index in [1.807, 2.05) is 0 Å². The lowest BCUT2D eigenvalue weighted by molar-refractivity contribution is 0.382. The molecule has 1 aromatic carbocycles. The molecule has 1 fully saturated rings. The van der Waals surface area contributed by atoms with Gasteiger partial charge in [0.25, 0.3) is 0 Å². The van der Waals surface area contributed by atoms with Crippen molar-refractivity contribution in [2.75, 3.05) is 13.1 Å². The van der Waals surface area contributed by atoms with E-state index in [-0.39, 0.29) is 17.8 Å². The van der Waals surface area contributed by atoms with Gasteiger partial charge in [-0.25, -0.2) is 0 Å². The number of hydrogen-bond donors (Lipinski definition) is 1. The highest BCUT2D eigenvalue weighted by molar-refractivity contribution is 6.83. The highest BCUT2D eigenvalue weighted by atomic mass is 35.5. The first-order chi connectivity index (χ1) is 9.45. The molecule has 0 aliphatic carbocycles. The molecular formula is C17H23ClN2Si. The van der Waals surface area contributed by atoms with Gasteiger partial charge in [0.1, 0.15) is 8.07 Å². The zero-order valence-corrected chi connectivity index (χ0v) is 14.8. The van der Waals surface area contributed by atoms with Crippen molar-refractivity contribution in [1.82, 2.24) is 5.32 Å². The summed E-state index contributed by atoms with van der Waals surface area (Å²) in [5, 5.41) is 12.9. The Bertz CT molecular complexity index is 564. The second-order valence-corrected chi connectivity index (χ2v) is 11.3. The van der Waals surface area contributed by atoms with Gasteiger partial charge >= 0.3 is 0 Å². The van der Waals surface area contributed by atoms with Crippen molar-refractivity contribution in [1.29, 1.82) is 5.26 Å². The van der Waals surface area contributed by atoms with Gasteiger partial charge in [-0.1, -0.05) is 37.7 Å². The molecule has 1 heterocycles. The molecular weight excluding hydrogens is 296 g/mol. The SMILES string of the molecule is C[Si](C)(C)C#Cc1ccc(C2(C#N)CCNCC2)cc1.Cl. The summed E-state index contributed by atoms with van der Waals surface area (Å²) in [7, 11) is -1.33. The Morgan fingerprint density at radius 2 is 1.67 bits per heavy atom. The number of nitrogens with zero attached hydrogens (tertiary/aromatic N) is 1. The maximum Gasteiger partial charge on any atom is 0.129 e. The lowest BCUT2D eigenvalue weighted by Gasteiger charge is -2.31. The van der Waals surface area contributed by atoms with Crippen LogP contribution >= 0.6 is 12.4 Å². The molecule has 1 N–H and O–H groups in total. The van der Waals surface area contributed by atoms with E-state index in [4.69, 9.17) is 0 Å². The maximum atomic E-state index is 9.57. The molecule has 112 valence electrons. The molecule has 2 nitrogen and oxygen atoms in total. The maximum absolute atomic E-state index is 9.57. The van der Waals surface area contributed by atoms with Crippen molar-refractivity contribution < 1.29 is 0 Å². The first-order valence-electron chi connectivity index (χ1n) is 7.21. The number of halogens is 1. The van der Waals surface area contributed by atoms with E-state index in [9.17, 15) is 5.26 Å². The summed E-state index contributed by atoms with van der Waals surface area (Å²) in [6.45, 7) is 8.58. The summed E-state index contributed by atoms with van der Waals surface area (Å²) in [6, 6.07) is 10.8. The monoisotopic (exact) mass is 318 g/mol. The van der Waals surface area contributed by atoms with E-state index in [1.54, 1.807) is 0 Å². The third kappa shape index (κ3) is 4.61. The van der Waals surface area contributed by atoms with Gasteiger partial charge in [0.15, 0.2) is 0 Å². The number of hydrogen-bond acceptors (Lipinski definition) is 2. The van der Waals surface area contributed by atoms with Crippen molar-refractivity contribution in [3.63, 3.8) is 0 Å². The van der Waals surface area contributed by atoms with E-state index >= 15 is 0 Å². The van der Waals surface area contributed by atoms with Gasteiger partial charge in [0.2, 0.25) is 0 Å². The zero-order valence-electron chi connectivity index (χ0n) is 13.0. The van der Waals surface area contributed by atoms with E-state index in [2.05, 4.69) is 66.8 Å². The molecule has 0 unspecified atom stereocenters. The van der Waals surface area contributed by atoms with Gasteiger partial charge in [-0.05, 0) is 43.6 Å². The Morgan fingerprint density at radius 1 is 1.10 bits per heavy atom. The van der Waals surface area contributed by atoms with Gasteiger partial charge in [-0.3, -0.25) is 0 Å². The minimum Gasteiger partial charge on any atom is -0.317 e. The predicted octanol–water partition coefficient (Wildman–Crippen LogP) is 3.48. The van der Waals surface area contributed by atoms with Crippen LogP contribution in [-0.2, 0) is 5.41 Å². The Morgan fingerprint density at radius 3 is 2.14 bits per heavy atom. The van der Waals surface area contributed by atoms with Gasteiger partial charge in [0, 0.05) is 5.56 Å².